The molecule has 1 rings (SSSR count). The maximum absolute atomic E-state index is 11.6. The van der Waals surface area contributed by atoms with Crippen molar-refractivity contribution in [1.82, 2.24) is 5.48 Å². The number of aryl methyl sites for hydroxylation is 1. The number of rotatable bonds is 13. The summed E-state index contributed by atoms with van der Waals surface area (Å²) in [5.74, 6) is 0.0854. The van der Waals surface area contributed by atoms with Gasteiger partial charge in [-0.1, -0.05) is 62.9 Å². The van der Waals surface area contributed by atoms with E-state index >= 15 is 0 Å². The lowest BCUT2D eigenvalue weighted by molar-refractivity contribution is -0.128. The van der Waals surface area contributed by atoms with Gasteiger partial charge in [0.15, 0.2) is 0 Å². The first-order valence-corrected chi connectivity index (χ1v) is 10.6. The zero-order valence-electron chi connectivity index (χ0n) is 14.0. The zero-order chi connectivity index (χ0) is 17.7. The summed E-state index contributed by atoms with van der Waals surface area (Å²) in [4.78, 5) is 21.0. The molecular weight excluding hydrogens is 349 g/mol. The van der Waals surface area contributed by atoms with Crippen LogP contribution < -0.4 is 5.48 Å². The maximum Gasteiger partial charge on any atom is 0.505 e. The van der Waals surface area contributed by atoms with E-state index in [1.54, 1.807) is 0 Å². The Kier molecular flexibility index (Phi) is 11.0. The van der Waals surface area contributed by atoms with E-state index in [0.717, 1.165) is 49.7 Å². The standard InChI is InChI=1S/C16H26NO5PS/c1-2-3-4-5-9-12-16(18)17-21-23(19,20)22-24-14-13-15-10-7-6-8-11-15/h6-8,10-11H,2-5,9,12-14H2,1H3,(H,17,18)(H,19,20). The molecule has 0 bridgehead atoms. The van der Waals surface area contributed by atoms with Crippen LogP contribution in [-0.4, -0.2) is 16.6 Å². The Labute approximate surface area is 148 Å². The van der Waals surface area contributed by atoms with Crippen LogP contribution in [0.1, 0.15) is 51.0 Å². The molecule has 0 radical (unpaired) electrons. The highest BCUT2D eigenvalue weighted by molar-refractivity contribution is 7.97. The van der Waals surface area contributed by atoms with Crippen LogP contribution in [0.25, 0.3) is 0 Å². The molecule has 136 valence electrons. The lowest BCUT2D eigenvalue weighted by atomic mass is 10.1. The monoisotopic (exact) mass is 375 g/mol. The molecule has 8 heteroatoms. The van der Waals surface area contributed by atoms with Gasteiger partial charge in [0.25, 0.3) is 0 Å². The van der Waals surface area contributed by atoms with Gasteiger partial charge in [0.1, 0.15) is 0 Å². The highest BCUT2D eigenvalue weighted by Crippen LogP contribution is 2.46. The molecule has 1 aromatic rings. The molecule has 0 saturated heterocycles. The van der Waals surface area contributed by atoms with Crippen LogP contribution in [0.4, 0.5) is 0 Å². The van der Waals surface area contributed by atoms with Crippen LogP contribution in [-0.2, 0) is 24.4 Å². The number of phosphoric acid groups is 1. The third-order valence-electron chi connectivity index (χ3n) is 3.25. The summed E-state index contributed by atoms with van der Waals surface area (Å²) >= 11 is 0.844. The molecule has 1 aromatic carbocycles. The van der Waals surface area contributed by atoms with Crippen LogP contribution >= 0.6 is 19.9 Å². The molecule has 0 heterocycles. The van der Waals surface area contributed by atoms with E-state index in [0.29, 0.717) is 12.2 Å². The highest BCUT2D eigenvalue weighted by Gasteiger charge is 2.23. The van der Waals surface area contributed by atoms with Gasteiger partial charge in [0, 0.05) is 24.2 Å². The number of hydroxylamine groups is 1. The molecule has 0 saturated carbocycles. The molecule has 0 aromatic heterocycles. The van der Waals surface area contributed by atoms with E-state index in [1.807, 2.05) is 35.8 Å². The minimum Gasteiger partial charge on any atom is -0.301 e. The van der Waals surface area contributed by atoms with Gasteiger partial charge in [-0.3, -0.25) is 4.79 Å². The third-order valence-corrected chi connectivity index (χ3v) is 5.11. The summed E-state index contributed by atoms with van der Waals surface area (Å²) in [6.45, 7) is 2.12. The Hall–Kier alpha value is -0.850. The van der Waals surface area contributed by atoms with Crippen LogP contribution in [0.2, 0.25) is 0 Å². The smallest absolute Gasteiger partial charge is 0.301 e. The molecule has 1 atom stereocenters. The maximum atomic E-state index is 11.6. The fourth-order valence-electron chi connectivity index (χ4n) is 1.97. The number of amides is 1. The summed E-state index contributed by atoms with van der Waals surface area (Å²) < 4.78 is 20.9. The topological polar surface area (TPSA) is 84.9 Å². The van der Waals surface area contributed by atoms with E-state index in [1.165, 1.54) is 0 Å². The first-order valence-electron chi connectivity index (χ1n) is 8.19. The van der Waals surface area contributed by atoms with E-state index in [4.69, 9.17) is 3.97 Å². The van der Waals surface area contributed by atoms with Gasteiger partial charge in [0.05, 0.1) is 0 Å². The van der Waals surface area contributed by atoms with Crippen molar-refractivity contribution in [1.29, 1.82) is 0 Å². The Morgan fingerprint density at radius 2 is 1.92 bits per heavy atom. The van der Waals surface area contributed by atoms with Crippen molar-refractivity contribution < 1.29 is 22.8 Å². The quantitative estimate of drug-likeness (QED) is 0.230. The molecule has 0 aliphatic carbocycles. The Bertz CT molecular complexity index is 514. The predicted octanol–water partition coefficient (Wildman–Crippen LogP) is 4.40. The molecule has 1 unspecified atom stereocenters. The lowest BCUT2D eigenvalue weighted by Crippen LogP contribution is -2.22. The SMILES string of the molecule is CCCCCCCC(=O)NOP(=O)(O)OSCCc1ccccc1. The van der Waals surface area contributed by atoms with Gasteiger partial charge >= 0.3 is 7.82 Å². The van der Waals surface area contributed by atoms with Gasteiger partial charge in [-0.05, 0) is 18.4 Å². The summed E-state index contributed by atoms with van der Waals surface area (Å²) in [5.41, 5.74) is 3.09. The number of hydrogen-bond donors (Lipinski definition) is 2. The molecular formula is C16H26NO5PS. The molecule has 2 N–H and O–H groups in total. The fourth-order valence-corrected chi connectivity index (χ4v) is 3.46. The van der Waals surface area contributed by atoms with Crippen LogP contribution in [0.15, 0.2) is 30.3 Å². The van der Waals surface area contributed by atoms with E-state index < -0.39 is 13.7 Å². The minimum atomic E-state index is -4.29. The minimum absolute atomic E-state index is 0.269. The number of unbranched alkanes of at least 4 members (excludes halogenated alkanes) is 4. The molecule has 1 amide bonds. The highest BCUT2D eigenvalue weighted by atomic mass is 32.2. The van der Waals surface area contributed by atoms with E-state index in [-0.39, 0.29) is 6.42 Å². The summed E-state index contributed by atoms with van der Waals surface area (Å²) in [6, 6.07) is 9.72. The van der Waals surface area contributed by atoms with E-state index in [9.17, 15) is 14.3 Å². The Morgan fingerprint density at radius 1 is 1.21 bits per heavy atom. The van der Waals surface area contributed by atoms with Crippen LogP contribution in [0.5, 0.6) is 0 Å². The second kappa shape index (κ2) is 12.5. The molecule has 0 aliphatic rings. The number of nitrogens with one attached hydrogen (secondary N) is 1. The predicted molar refractivity (Wildman–Crippen MR) is 96.1 cm³/mol. The average molecular weight is 375 g/mol. The first kappa shape index (κ1) is 21.2. The fraction of sp³-hybridized carbons (Fsp3) is 0.562. The van der Waals surface area contributed by atoms with Crippen molar-refractivity contribution in [3.8, 4) is 0 Å². The van der Waals surface area contributed by atoms with Crippen molar-refractivity contribution in [3.63, 3.8) is 0 Å². The summed E-state index contributed by atoms with van der Waals surface area (Å²) in [6.07, 6.45) is 6.05. The zero-order valence-corrected chi connectivity index (χ0v) is 15.7. The molecule has 24 heavy (non-hydrogen) atoms. The summed E-state index contributed by atoms with van der Waals surface area (Å²) in [5, 5.41) is 0. The van der Waals surface area contributed by atoms with Crippen molar-refractivity contribution in [2.75, 3.05) is 5.75 Å². The lowest BCUT2D eigenvalue weighted by Gasteiger charge is -2.11. The van der Waals surface area contributed by atoms with Gasteiger partial charge < -0.3 is 4.89 Å². The van der Waals surface area contributed by atoms with Gasteiger partial charge in [-0.25, -0.2) is 14.0 Å². The Morgan fingerprint density at radius 3 is 2.62 bits per heavy atom. The van der Waals surface area contributed by atoms with Crippen molar-refractivity contribution in [2.24, 2.45) is 0 Å². The molecule has 0 fully saturated rings. The van der Waals surface area contributed by atoms with E-state index in [2.05, 4.69) is 11.5 Å². The Balaban J connectivity index is 2.10. The number of carbonyl (C=O) groups is 1. The van der Waals surface area contributed by atoms with Gasteiger partial charge in [0.2, 0.25) is 5.91 Å². The van der Waals surface area contributed by atoms with Crippen molar-refractivity contribution in [2.45, 2.75) is 51.9 Å². The van der Waals surface area contributed by atoms with Crippen molar-refractivity contribution in [3.05, 3.63) is 35.9 Å². The molecule has 6 nitrogen and oxygen atoms in total. The number of carbonyl (C=O) groups excluding carboxylic acids is 1. The largest absolute Gasteiger partial charge is 0.505 e. The molecule has 0 aliphatic heterocycles. The van der Waals surface area contributed by atoms with Crippen LogP contribution in [0.3, 0.4) is 0 Å². The number of benzene rings is 1. The second-order valence-electron chi connectivity index (χ2n) is 5.38. The van der Waals surface area contributed by atoms with Gasteiger partial charge in [-0.2, -0.15) is 4.62 Å². The average Bonchev–Trinajstić information content (AvgIpc) is 2.58. The van der Waals surface area contributed by atoms with Gasteiger partial charge in [-0.15, -0.1) is 0 Å². The van der Waals surface area contributed by atoms with Crippen molar-refractivity contribution >= 4 is 25.8 Å². The van der Waals surface area contributed by atoms with Crippen LogP contribution in [0, 0.1) is 0 Å². The third kappa shape index (κ3) is 10.8. The summed E-state index contributed by atoms with van der Waals surface area (Å²) in [7, 11) is -4.29. The second-order valence-corrected chi connectivity index (χ2v) is 7.74. The number of hydrogen-bond acceptors (Lipinski definition) is 5. The normalized spacial score (nSPS) is 13.4. The first-order chi connectivity index (χ1) is 11.5. The molecule has 0 spiro atoms.